The fourth-order valence-electron chi connectivity index (χ4n) is 4.22. The first-order valence-corrected chi connectivity index (χ1v) is 11.0. The van der Waals surface area contributed by atoms with Gasteiger partial charge in [-0.1, -0.05) is 6.42 Å². The van der Waals surface area contributed by atoms with E-state index in [1.807, 2.05) is 6.07 Å². The summed E-state index contributed by atoms with van der Waals surface area (Å²) >= 11 is 0. The SMILES string of the molecule is N#Cc1ccc2c(c1)C[C@@H](NC(=O)c1cc3n(n1)CCC(COCC1CCC1)O3)CO2. The number of amides is 1. The van der Waals surface area contributed by atoms with Crippen LogP contribution < -0.4 is 14.8 Å². The van der Waals surface area contributed by atoms with Crippen molar-refractivity contribution in [3.63, 3.8) is 0 Å². The van der Waals surface area contributed by atoms with Crippen LogP contribution >= 0.6 is 0 Å². The molecule has 2 aromatic rings. The van der Waals surface area contributed by atoms with Crippen LogP contribution in [0.2, 0.25) is 0 Å². The Morgan fingerprint density at radius 1 is 1.29 bits per heavy atom. The summed E-state index contributed by atoms with van der Waals surface area (Å²) in [7, 11) is 0. The van der Waals surface area contributed by atoms with Crippen molar-refractivity contribution >= 4 is 5.91 Å². The molecule has 2 aliphatic heterocycles. The van der Waals surface area contributed by atoms with E-state index in [-0.39, 0.29) is 18.1 Å². The van der Waals surface area contributed by atoms with E-state index in [1.54, 1.807) is 22.9 Å². The molecule has 1 amide bonds. The molecule has 3 aliphatic rings. The van der Waals surface area contributed by atoms with Gasteiger partial charge in [0.15, 0.2) is 5.69 Å². The highest BCUT2D eigenvalue weighted by Crippen LogP contribution is 2.28. The number of rotatable bonds is 6. The molecule has 3 heterocycles. The smallest absolute Gasteiger partial charge is 0.272 e. The van der Waals surface area contributed by atoms with Gasteiger partial charge in [0.25, 0.3) is 5.91 Å². The Kier molecular flexibility index (Phi) is 5.51. The molecule has 1 saturated carbocycles. The zero-order valence-corrected chi connectivity index (χ0v) is 17.4. The number of benzene rings is 1. The van der Waals surface area contributed by atoms with Crippen molar-refractivity contribution in [3.8, 4) is 17.7 Å². The maximum atomic E-state index is 12.8. The minimum atomic E-state index is -0.253. The number of fused-ring (bicyclic) bond motifs is 2. The fraction of sp³-hybridized carbons (Fsp3) is 0.522. The van der Waals surface area contributed by atoms with E-state index in [1.165, 1.54) is 19.3 Å². The van der Waals surface area contributed by atoms with Crippen LogP contribution in [0.1, 0.15) is 47.3 Å². The Morgan fingerprint density at radius 2 is 2.19 bits per heavy atom. The van der Waals surface area contributed by atoms with Crippen molar-refractivity contribution in [1.29, 1.82) is 5.26 Å². The Bertz CT molecular complexity index is 1010. The summed E-state index contributed by atoms with van der Waals surface area (Å²) in [4.78, 5) is 12.8. The van der Waals surface area contributed by atoms with Gasteiger partial charge in [-0.25, -0.2) is 4.68 Å². The lowest BCUT2D eigenvalue weighted by atomic mass is 9.86. The molecule has 1 unspecified atom stereocenters. The molecule has 1 N–H and O–H groups in total. The molecule has 31 heavy (non-hydrogen) atoms. The summed E-state index contributed by atoms with van der Waals surface area (Å²) in [6.07, 6.45) is 5.29. The lowest BCUT2D eigenvalue weighted by Crippen LogP contribution is -2.42. The van der Waals surface area contributed by atoms with Gasteiger partial charge in [0, 0.05) is 25.6 Å². The number of carbonyl (C=O) groups is 1. The molecule has 1 aromatic heterocycles. The number of hydrogen-bond acceptors (Lipinski definition) is 6. The van der Waals surface area contributed by atoms with Crippen molar-refractivity contribution in [2.24, 2.45) is 5.92 Å². The lowest BCUT2D eigenvalue weighted by Gasteiger charge is -2.28. The largest absolute Gasteiger partial charge is 0.491 e. The van der Waals surface area contributed by atoms with E-state index in [2.05, 4.69) is 16.5 Å². The van der Waals surface area contributed by atoms with Crippen LogP contribution in [0.5, 0.6) is 11.6 Å². The van der Waals surface area contributed by atoms with Gasteiger partial charge in [-0.15, -0.1) is 0 Å². The highest BCUT2D eigenvalue weighted by Gasteiger charge is 2.27. The van der Waals surface area contributed by atoms with E-state index in [4.69, 9.17) is 19.5 Å². The minimum Gasteiger partial charge on any atom is -0.491 e. The molecule has 0 saturated heterocycles. The normalized spacial score (nSPS) is 22.2. The predicted octanol–water partition coefficient (Wildman–Crippen LogP) is 2.46. The summed E-state index contributed by atoms with van der Waals surface area (Å²) in [5.74, 6) is 1.84. The van der Waals surface area contributed by atoms with E-state index < -0.39 is 0 Å². The first-order valence-electron chi connectivity index (χ1n) is 11.0. The molecule has 8 nitrogen and oxygen atoms in total. The molecule has 1 aliphatic carbocycles. The van der Waals surface area contributed by atoms with E-state index in [9.17, 15) is 4.79 Å². The Balaban J connectivity index is 1.16. The third-order valence-electron chi connectivity index (χ3n) is 6.24. The zero-order chi connectivity index (χ0) is 21.2. The quantitative estimate of drug-likeness (QED) is 0.768. The van der Waals surface area contributed by atoms with Crippen LogP contribution in [0.3, 0.4) is 0 Å². The second-order valence-electron chi connectivity index (χ2n) is 8.57. The number of ether oxygens (including phenoxy) is 3. The van der Waals surface area contributed by atoms with E-state index in [0.29, 0.717) is 49.2 Å². The van der Waals surface area contributed by atoms with E-state index >= 15 is 0 Å². The molecule has 0 radical (unpaired) electrons. The number of nitrogens with one attached hydrogen (secondary N) is 1. The molecule has 162 valence electrons. The Hall–Kier alpha value is -3.05. The van der Waals surface area contributed by atoms with Gasteiger partial charge in [-0.2, -0.15) is 10.4 Å². The molecule has 1 fully saturated rings. The average molecular weight is 422 g/mol. The molecule has 1 aromatic carbocycles. The second-order valence-corrected chi connectivity index (χ2v) is 8.57. The predicted molar refractivity (Wildman–Crippen MR) is 111 cm³/mol. The van der Waals surface area contributed by atoms with Crippen molar-refractivity contribution < 1.29 is 19.0 Å². The third-order valence-corrected chi connectivity index (χ3v) is 6.24. The van der Waals surface area contributed by atoms with Crippen LogP contribution in [0, 0.1) is 17.2 Å². The van der Waals surface area contributed by atoms with Gasteiger partial charge in [0.2, 0.25) is 5.88 Å². The number of nitrogens with zero attached hydrogens (tertiary/aromatic N) is 3. The lowest BCUT2D eigenvalue weighted by molar-refractivity contribution is 0.00141. The maximum Gasteiger partial charge on any atom is 0.272 e. The summed E-state index contributed by atoms with van der Waals surface area (Å²) in [6, 6.07) is 9.00. The number of aryl methyl sites for hydroxylation is 1. The maximum absolute atomic E-state index is 12.8. The second kappa shape index (κ2) is 8.60. The van der Waals surface area contributed by atoms with Crippen LogP contribution in [-0.4, -0.2) is 47.7 Å². The first-order chi connectivity index (χ1) is 15.2. The number of nitriles is 1. The monoisotopic (exact) mass is 422 g/mol. The summed E-state index contributed by atoms with van der Waals surface area (Å²) < 4.78 is 19.3. The van der Waals surface area contributed by atoms with Crippen LogP contribution in [0.4, 0.5) is 0 Å². The van der Waals surface area contributed by atoms with Crippen molar-refractivity contribution in [1.82, 2.24) is 15.1 Å². The Labute approximate surface area is 181 Å². The van der Waals surface area contributed by atoms with Gasteiger partial charge in [-0.05, 0) is 48.9 Å². The first kappa shape index (κ1) is 19.9. The summed E-state index contributed by atoms with van der Waals surface area (Å²) in [5, 5.41) is 16.5. The highest BCUT2D eigenvalue weighted by molar-refractivity contribution is 5.92. The van der Waals surface area contributed by atoms with Crippen LogP contribution in [0.25, 0.3) is 0 Å². The summed E-state index contributed by atoms with van der Waals surface area (Å²) in [5.41, 5.74) is 1.84. The van der Waals surface area contributed by atoms with Crippen LogP contribution in [-0.2, 0) is 17.7 Å². The topological polar surface area (TPSA) is 98.4 Å². The van der Waals surface area contributed by atoms with Gasteiger partial charge in [0.05, 0.1) is 24.3 Å². The fourth-order valence-corrected chi connectivity index (χ4v) is 4.22. The van der Waals surface area contributed by atoms with Gasteiger partial charge in [0.1, 0.15) is 18.5 Å². The highest BCUT2D eigenvalue weighted by atomic mass is 16.5. The molecular formula is C23H26N4O4. The standard InChI is InChI=1S/C23H26N4O4/c24-11-16-4-5-21-17(8-16)9-18(13-30-21)25-23(28)20-10-22-27(26-20)7-6-19(31-22)14-29-12-15-2-1-3-15/h4-5,8,10,15,18-19H,1-3,6-7,9,12-14H2,(H,25,28)/t18-,19?/m1/s1. The number of aromatic nitrogens is 2. The average Bonchev–Trinajstić information content (AvgIpc) is 3.18. The number of hydrogen-bond donors (Lipinski definition) is 1. The van der Waals surface area contributed by atoms with Gasteiger partial charge in [-0.3, -0.25) is 4.79 Å². The molecule has 5 rings (SSSR count). The molecule has 2 atom stereocenters. The van der Waals surface area contributed by atoms with Crippen molar-refractivity contribution in [2.45, 2.75) is 50.8 Å². The van der Waals surface area contributed by atoms with Crippen molar-refractivity contribution in [3.05, 3.63) is 41.1 Å². The van der Waals surface area contributed by atoms with Crippen molar-refractivity contribution in [2.75, 3.05) is 19.8 Å². The van der Waals surface area contributed by atoms with Gasteiger partial charge >= 0.3 is 0 Å². The molecular weight excluding hydrogens is 396 g/mol. The molecule has 0 spiro atoms. The van der Waals surface area contributed by atoms with Gasteiger partial charge < -0.3 is 19.5 Å². The minimum absolute atomic E-state index is 0.00207. The summed E-state index contributed by atoms with van der Waals surface area (Å²) in [6.45, 7) is 2.48. The zero-order valence-electron chi connectivity index (χ0n) is 17.4. The third kappa shape index (κ3) is 4.37. The molecule has 8 heteroatoms. The molecule has 0 bridgehead atoms. The van der Waals surface area contributed by atoms with Crippen LogP contribution in [0.15, 0.2) is 24.3 Å². The number of carbonyl (C=O) groups excluding carboxylic acids is 1. The Morgan fingerprint density at radius 3 is 3.00 bits per heavy atom. The van der Waals surface area contributed by atoms with E-state index in [0.717, 1.165) is 24.3 Å².